The lowest BCUT2D eigenvalue weighted by atomic mass is 10.2. The standard InChI is InChI=1S/C18H19ClN2O3/c1-12(2)24-15-7-4-13(10-16(15)23-3)5-9-18(22)21-17-8-6-14(19)11-20-17/h4-12H,1-3H3,(H,20,21,22)/b9-5+. The van der Waals surface area contributed by atoms with Gasteiger partial charge in [-0.15, -0.1) is 0 Å². The van der Waals surface area contributed by atoms with Crippen molar-refractivity contribution in [3.8, 4) is 11.5 Å². The fourth-order valence-corrected chi connectivity index (χ4v) is 2.04. The van der Waals surface area contributed by atoms with E-state index in [2.05, 4.69) is 10.3 Å². The van der Waals surface area contributed by atoms with Gasteiger partial charge in [0.05, 0.1) is 18.2 Å². The number of ether oxygens (including phenoxy) is 2. The molecule has 2 rings (SSSR count). The third-order valence-electron chi connectivity index (χ3n) is 2.96. The van der Waals surface area contributed by atoms with Gasteiger partial charge in [-0.05, 0) is 49.8 Å². The second kappa shape index (κ2) is 8.36. The molecule has 1 N–H and O–H groups in total. The minimum atomic E-state index is -0.286. The predicted octanol–water partition coefficient (Wildman–Crippen LogP) is 4.18. The number of halogens is 1. The number of hydrogen-bond acceptors (Lipinski definition) is 4. The quantitative estimate of drug-likeness (QED) is 0.797. The Morgan fingerprint density at radius 2 is 2.04 bits per heavy atom. The van der Waals surface area contributed by atoms with Crippen LogP contribution in [0.2, 0.25) is 5.02 Å². The molecular formula is C18H19ClN2O3. The molecule has 1 heterocycles. The normalized spacial score (nSPS) is 10.9. The highest BCUT2D eigenvalue weighted by atomic mass is 35.5. The van der Waals surface area contributed by atoms with E-state index < -0.39 is 0 Å². The van der Waals surface area contributed by atoms with E-state index in [0.717, 1.165) is 5.56 Å². The first-order valence-electron chi connectivity index (χ1n) is 7.43. The Balaban J connectivity index is 2.05. The summed E-state index contributed by atoms with van der Waals surface area (Å²) in [4.78, 5) is 15.9. The van der Waals surface area contributed by atoms with E-state index in [9.17, 15) is 4.79 Å². The summed E-state index contributed by atoms with van der Waals surface area (Å²) in [7, 11) is 1.58. The highest BCUT2D eigenvalue weighted by molar-refractivity contribution is 6.30. The fourth-order valence-electron chi connectivity index (χ4n) is 1.93. The molecule has 126 valence electrons. The van der Waals surface area contributed by atoms with Crippen molar-refractivity contribution < 1.29 is 14.3 Å². The molecule has 0 saturated heterocycles. The molecule has 6 heteroatoms. The Labute approximate surface area is 146 Å². The van der Waals surface area contributed by atoms with Gasteiger partial charge in [-0.2, -0.15) is 0 Å². The Kier molecular flexibility index (Phi) is 6.21. The molecule has 0 radical (unpaired) electrons. The van der Waals surface area contributed by atoms with E-state index in [0.29, 0.717) is 22.3 Å². The number of rotatable bonds is 6. The zero-order valence-electron chi connectivity index (χ0n) is 13.7. The van der Waals surface area contributed by atoms with Crippen LogP contribution < -0.4 is 14.8 Å². The number of hydrogen-bond donors (Lipinski definition) is 1. The first-order valence-corrected chi connectivity index (χ1v) is 7.81. The number of aromatic nitrogens is 1. The summed E-state index contributed by atoms with van der Waals surface area (Å²) in [6, 6.07) is 8.77. The van der Waals surface area contributed by atoms with Crippen LogP contribution in [0.1, 0.15) is 19.4 Å². The summed E-state index contributed by atoms with van der Waals surface area (Å²) in [6.07, 6.45) is 4.64. The van der Waals surface area contributed by atoms with Crippen molar-refractivity contribution >= 4 is 29.4 Å². The van der Waals surface area contributed by atoms with E-state index >= 15 is 0 Å². The molecule has 1 amide bonds. The number of nitrogens with one attached hydrogen (secondary N) is 1. The lowest BCUT2D eigenvalue weighted by Crippen LogP contribution is -2.08. The van der Waals surface area contributed by atoms with Gasteiger partial charge >= 0.3 is 0 Å². The molecule has 0 fully saturated rings. The van der Waals surface area contributed by atoms with Crippen molar-refractivity contribution in [2.75, 3.05) is 12.4 Å². The SMILES string of the molecule is COc1cc(/C=C/C(=O)Nc2ccc(Cl)cn2)ccc1OC(C)C. The molecule has 0 unspecified atom stereocenters. The maximum Gasteiger partial charge on any atom is 0.249 e. The number of benzene rings is 1. The van der Waals surface area contributed by atoms with Crippen LogP contribution in [0.5, 0.6) is 11.5 Å². The van der Waals surface area contributed by atoms with E-state index in [-0.39, 0.29) is 12.0 Å². The Morgan fingerprint density at radius 3 is 2.67 bits per heavy atom. The number of carbonyl (C=O) groups excluding carboxylic acids is 1. The molecule has 5 nitrogen and oxygen atoms in total. The second-order valence-corrected chi connectivity index (χ2v) is 5.70. The number of pyridine rings is 1. The van der Waals surface area contributed by atoms with E-state index in [4.69, 9.17) is 21.1 Å². The van der Waals surface area contributed by atoms with Gasteiger partial charge in [-0.1, -0.05) is 17.7 Å². The number of nitrogens with zero attached hydrogens (tertiary/aromatic N) is 1. The smallest absolute Gasteiger partial charge is 0.249 e. The average Bonchev–Trinajstić information content (AvgIpc) is 2.55. The molecule has 0 spiro atoms. The minimum Gasteiger partial charge on any atom is -0.493 e. The molecule has 0 atom stereocenters. The minimum absolute atomic E-state index is 0.0537. The van der Waals surface area contributed by atoms with Gasteiger partial charge in [-0.3, -0.25) is 4.79 Å². The predicted molar refractivity (Wildman–Crippen MR) is 95.7 cm³/mol. The third-order valence-corrected chi connectivity index (χ3v) is 3.18. The van der Waals surface area contributed by atoms with Crippen LogP contribution in [-0.4, -0.2) is 24.1 Å². The van der Waals surface area contributed by atoms with Gasteiger partial charge in [0.25, 0.3) is 0 Å². The van der Waals surface area contributed by atoms with Gasteiger partial charge in [0.15, 0.2) is 11.5 Å². The van der Waals surface area contributed by atoms with E-state index in [1.165, 1.54) is 12.3 Å². The van der Waals surface area contributed by atoms with Gasteiger partial charge in [0, 0.05) is 12.3 Å². The summed E-state index contributed by atoms with van der Waals surface area (Å²) in [5.74, 6) is 1.43. The highest BCUT2D eigenvalue weighted by Gasteiger charge is 2.07. The number of amides is 1. The van der Waals surface area contributed by atoms with Crippen LogP contribution in [0, 0.1) is 0 Å². The number of methoxy groups -OCH3 is 1. The van der Waals surface area contributed by atoms with Crippen molar-refractivity contribution in [2.45, 2.75) is 20.0 Å². The second-order valence-electron chi connectivity index (χ2n) is 5.26. The number of carbonyl (C=O) groups is 1. The summed E-state index contributed by atoms with van der Waals surface area (Å²) >= 11 is 5.75. The average molecular weight is 347 g/mol. The molecular weight excluding hydrogens is 328 g/mol. The molecule has 0 bridgehead atoms. The third kappa shape index (κ3) is 5.28. The maximum atomic E-state index is 11.9. The van der Waals surface area contributed by atoms with Gasteiger partial charge in [-0.25, -0.2) is 4.98 Å². The highest BCUT2D eigenvalue weighted by Crippen LogP contribution is 2.29. The Hall–Kier alpha value is -2.53. The summed E-state index contributed by atoms with van der Waals surface area (Å²) < 4.78 is 11.0. The summed E-state index contributed by atoms with van der Waals surface area (Å²) in [5, 5.41) is 3.17. The van der Waals surface area contributed by atoms with Gasteiger partial charge in [0.2, 0.25) is 5.91 Å². The van der Waals surface area contributed by atoms with Crippen molar-refractivity contribution in [2.24, 2.45) is 0 Å². The lowest BCUT2D eigenvalue weighted by Gasteiger charge is -2.13. The van der Waals surface area contributed by atoms with Crippen molar-refractivity contribution in [1.29, 1.82) is 0 Å². The zero-order chi connectivity index (χ0) is 17.5. The topological polar surface area (TPSA) is 60.5 Å². The van der Waals surface area contributed by atoms with Crippen LogP contribution in [0.25, 0.3) is 6.08 Å². The van der Waals surface area contributed by atoms with Crippen LogP contribution in [0.3, 0.4) is 0 Å². The monoisotopic (exact) mass is 346 g/mol. The molecule has 0 aliphatic rings. The zero-order valence-corrected chi connectivity index (χ0v) is 14.5. The van der Waals surface area contributed by atoms with Crippen LogP contribution >= 0.6 is 11.6 Å². The fraction of sp³-hybridized carbons (Fsp3) is 0.222. The molecule has 2 aromatic rings. The summed E-state index contributed by atoms with van der Waals surface area (Å²) in [5.41, 5.74) is 0.821. The van der Waals surface area contributed by atoms with E-state index in [1.54, 1.807) is 25.3 Å². The molecule has 0 saturated carbocycles. The molecule has 0 aliphatic heterocycles. The number of anilines is 1. The van der Waals surface area contributed by atoms with Crippen molar-refractivity contribution in [3.05, 3.63) is 53.2 Å². The van der Waals surface area contributed by atoms with Gasteiger partial charge < -0.3 is 14.8 Å². The van der Waals surface area contributed by atoms with E-state index in [1.807, 2.05) is 32.0 Å². The van der Waals surface area contributed by atoms with Crippen molar-refractivity contribution in [3.63, 3.8) is 0 Å². The first kappa shape index (κ1) is 17.8. The Bertz CT molecular complexity index is 728. The van der Waals surface area contributed by atoms with Crippen LogP contribution in [0.4, 0.5) is 5.82 Å². The van der Waals surface area contributed by atoms with Gasteiger partial charge in [0.1, 0.15) is 5.82 Å². The van der Waals surface area contributed by atoms with Crippen LogP contribution in [0.15, 0.2) is 42.6 Å². The van der Waals surface area contributed by atoms with Crippen molar-refractivity contribution in [1.82, 2.24) is 4.98 Å². The molecule has 1 aromatic carbocycles. The molecule has 0 aliphatic carbocycles. The summed E-state index contributed by atoms with van der Waals surface area (Å²) in [6.45, 7) is 3.89. The first-order chi connectivity index (χ1) is 11.5. The molecule has 24 heavy (non-hydrogen) atoms. The molecule has 1 aromatic heterocycles. The van der Waals surface area contributed by atoms with Crippen LogP contribution in [-0.2, 0) is 4.79 Å². The largest absolute Gasteiger partial charge is 0.493 e. The lowest BCUT2D eigenvalue weighted by molar-refractivity contribution is -0.111. The maximum absolute atomic E-state index is 11.9. The Morgan fingerprint density at radius 1 is 1.25 bits per heavy atom.